The van der Waals surface area contributed by atoms with Crippen LogP contribution in [0.2, 0.25) is 0 Å². The van der Waals surface area contributed by atoms with Crippen molar-refractivity contribution >= 4 is 5.95 Å². The van der Waals surface area contributed by atoms with Gasteiger partial charge in [0.1, 0.15) is 0 Å². The van der Waals surface area contributed by atoms with E-state index in [4.69, 9.17) is 5.73 Å². The van der Waals surface area contributed by atoms with Gasteiger partial charge in [-0.1, -0.05) is 29.8 Å². The molecule has 0 fully saturated rings. The van der Waals surface area contributed by atoms with Crippen LogP contribution in [0.5, 0.6) is 0 Å². The van der Waals surface area contributed by atoms with Crippen molar-refractivity contribution in [1.82, 2.24) is 19.7 Å². The molecule has 0 aliphatic rings. The van der Waals surface area contributed by atoms with Crippen molar-refractivity contribution in [3.05, 3.63) is 58.5 Å². The smallest absolute Gasteiger partial charge is 0.266 e. The molecule has 22 heavy (non-hydrogen) atoms. The van der Waals surface area contributed by atoms with Crippen molar-refractivity contribution in [2.24, 2.45) is 7.05 Å². The van der Waals surface area contributed by atoms with Crippen LogP contribution in [0.1, 0.15) is 5.56 Å². The van der Waals surface area contributed by atoms with Crippen LogP contribution in [0.25, 0.3) is 22.5 Å². The van der Waals surface area contributed by atoms with Gasteiger partial charge in [-0.3, -0.25) is 4.79 Å². The van der Waals surface area contributed by atoms with Crippen molar-refractivity contribution < 1.29 is 0 Å². The predicted molar refractivity (Wildman–Crippen MR) is 85.1 cm³/mol. The van der Waals surface area contributed by atoms with E-state index in [9.17, 15) is 4.79 Å². The summed E-state index contributed by atoms with van der Waals surface area (Å²) in [5.74, 6) is 0.198. The highest BCUT2D eigenvalue weighted by atomic mass is 16.1. The van der Waals surface area contributed by atoms with E-state index in [2.05, 4.69) is 15.1 Å². The minimum Gasteiger partial charge on any atom is -0.368 e. The number of aromatic nitrogens is 4. The molecule has 0 aliphatic carbocycles. The Labute approximate surface area is 127 Å². The van der Waals surface area contributed by atoms with Crippen LogP contribution in [0.15, 0.2) is 47.4 Å². The Morgan fingerprint density at radius 2 is 1.82 bits per heavy atom. The summed E-state index contributed by atoms with van der Waals surface area (Å²) >= 11 is 0. The Morgan fingerprint density at radius 3 is 2.50 bits per heavy atom. The van der Waals surface area contributed by atoms with Gasteiger partial charge < -0.3 is 5.73 Å². The van der Waals surface area contributed by atoms with Gasteiger partial charge in [0, 0.05) is 30.4 Å². The highest BCUT2D eigenvalue weighted by Crippen LogP contribution is 2.28. The molecular weight excluding hydrogens is 278 g/mol. The van der Waals surface area contributed by atoms with Crippen molar-refractivity contribution in [1.29, 1.82) is 0 Å². The van der Waals surface area contributed by atoms with E-state index in [1.54, 1.807) is 19.3 Å². The minimum absolute atomic E-state index is 0.169. The van der Waals surface area contributed by atoms with Crippen molar-refractivity contribution in [3.8, 4) is 22.5 Å². The number of hydrogen-bond acceptors (Lipinski definition) is 5. The maximum atomic E-state index is 11.5. The molecule has 0 radical (unpaired) electrons. The van der Waals surface area contributed by atoms with Gasteiger partial charge in [0.15, 0.2) is 0 Å². The molecule has 2 aromatic heterocycles. The normalized spacial score (nSPS) is 10.6. The SMILES string of the molecule is Cc1ccc(-c2nc(N)ncc2-c2ccc(=O)n(C)n2)cc1. The highest BCUT2D eigenvalue weighted by molar-refractivity contribution is 5.78. The molecule has 0 saturated carbocycles. The topological polar surface area (TPSA) is 86.7 Å². The number of hydrogen-bond donors (Lipinski definition) is 1. The van der Waals surface area contributed by atoms with E-state index in [1.807, 2.05) is 31.2 Å². The van der Waals surface area contributed by atoms with E-state index in [0.717, 1.165) is 16.7 Å². The van der Waals surface area contributed by atoms with Crippen LogP contribution < -0.4 is 11.3 Å². The van der Waals surface area contributed by atoms with Gasteiger partial charge in [-0.2, -0.15) is 5.10 Å². The molecule has 0 aliphatic heterocycles. The third-order valence-electron chi connectivity index (χ3n) is 3.37. The number of nitrogens with two attached hydrogens (primary N) is 1. The summed E-state index contributed by atoms with van der Waals surface area (Å²) < 4.78 is 1.28. The second-order valence-corrected chi connectivity index (χ2v) is 5.04. The lowest BCUT2D eigenvalue weighted by molar-refractivity contribution is 0.712. The molecule has 0 bridgehead atoms. The third-order valence-corrected chi connectivity index (χ3v) is 3.37. The predicted octanol–water partition coefficient (Wildman–Crippen LogP) is 1.79. The molecule has 0 atom stereocenters. The Kier molecular flexibility index (Phi) is 3.42. The molecule has 6 nitrogen and oxygen atoms in total. The van der Waals surface area contributed by atoms with Crippen LogP contribution in [0.4, 0.5) is 5.95 Å². The molecule has 3 aromatic rings. The first-order valence-corrected chi connectivity index (χ1v) is 6.79. The quantitative estimate of drug-likeness (QED) is 0.778. The number of rotatable bonds is 2. The average Bonchev–Trinajstić information content (AvgIpc) is 2.51. The fourth-order valence-corrected chi connectivity index (χ4v) is 2.16. The van der Waals surface area contributed by atoms with Gasteiger partial charge in [0.25, 0.3) is 5.56 Å². The van der Waals surface area contributed by atoms with E-state index >= 15 is 0 Å². The van der Waals surface area contributed by atoms with Gasteiger partial charge in [-0.15, -0.1) is 0 Å². The monoisotopic (exact) mass is 293 g/mol. The standard InChI is InChI=1S/C16H15N5O/c1-10-3-5-11(6-4-10)15-12(9-18-16(17)19-15)13-7-8-14(22)21(2)20-13/h3-9H,1-2H3,(H2,17,18,19). The number of nitrogen functional groups attached to an aromatic ring is 1. The zero-order valence-electron chi connectivity index (χ0n) is 12.3. The molecule has 2 N–H and O–H groups in total. The van der Waals surface area contributed by atoms with Crippen LogP contribution in [0, 0.1) is 6.92 Å². The Hall–Kier alpha value is -3.02. The van der Waals surface area contributed by atoms with E-state index < -0.39 is 0 Å². The van der Waals surface area contributed by atoms with Crippen LogP contribution in [0.3, 0.4) is 0 Å². The summed E-state index contributed by atoms with van der Waals surface area (Å²) in [6.45, 7) is 2.02. The molecule has 2 heterocycles. The van der Waals surface area contributed by atoms with Gasteiger partial charge in [-0.05, 0) is 13.0 Å². The summed E-state index contributed by atoms with van der Waals surface area (Å²) in [5, 5.41) is 4.26. The fourth-order valence-electron chi connectivity index (χ4n) is 2.16. The van der Waals surface area contributed by atoms with Crippen molar-refractivity contribution in [3.63, 3.8) is 0 Å². The average molecular weight is 293 g/mol. The van der Waals surface area contributed by atoms with Crippen LogP contribution >= 0.6 is 0 Å². The summed E-state index contributed by atoms with van der Waals surface area (Å²) in [4.78, 5) is 19.9. The molecule has 0 saturated heterocycles. The maximum Gasteiger partial charge on any atom is 0.266 e. The van der Waals surface area contributed by atoms with E-state index in [0.29, 0.717) is 11.4 Å². The maximum absolute atomic E-state index is 11.5. The van der Waals surface area contributed by atoms with Crippen molar-refractivity contribution in [2.75, 3.05) is 5.73 Å². The third kappa shape index (κ3) is 2.58. The second-order valence-electron chi connectivity index (χ2n) is 5.04. The van der Waals surface area contributed by atoms with Gasteiger partial charge in [-0.25, -0.2) is 14.6 Å². The first-order valence-electron chi connectivity index (χ1n) is 6.79. The van der Waals surface area contributed by atoms with Gasteiger partial charge in [0.2, 0.25) is 5.95 Å². The van der Waals surface area contributed by atoms with E-state index in [1.165, 1.54) is 10.7 Å². The largest absolute Gasteiger partial charge is 0.368 e. The summed E-state index contributed by atoms with van der Waals surface area (Å²) in [6, 6.07) is 11.1. The lowest BCUT2D eigenvalue weighted by Gasteiger charge is -2.09. The molecule has 110 valence electrons. The molecular formula is C16H15N5O. The number of nitrogens with zero attached hydrogens (tertiary/aromatic N) is 4. The van der Waals surface area contributed by atoms with Gasteiger partial charge >= 0.3 is 0 Å². The van der Waals surface area contributed by atoms with Gasteiger partial charge in [0.05, 0.1) is 11.4 Å². The summed E-state index contributed by atoms with van der Waals surface area (Å²) in [5.41, 5.74) is 9.69. The zero-order chi connectivity index (χ0) is 15.7. The van der Waals surface area contributed by atoms with Crippen molar-refractivity contribution in [2.45, 2.75) is 6.92 Å². The second kappa shape index (κ2) is 5.40. The van der Waals surface area contributed by atoms with Crippen LogP contribution in [-0.2, 0) is 7.05 Å². The highest BCUT2D eigenvalue weighted by Gasteiger charge is 2.12. The molecule has 0 amide bonds. The molecule has 1 aromatic carbocycles. The first kappa shape index (κ1) is 13.9. The summed E-state index contributed by atoms with van der Waals surface area (Å²) in [6.07, 6.45) is 1.63. The fraction of sp³-hybridized carbons (Fsp3) is 0.125. The molecule has 3 rings (SSSR count). The Balaban J connectivity index is 2.21. The molecule has 0 unspecified atom stereocenters. The summed E-state index contributed by atoms with van der Waals surface area (Å²) in [7, 11) is 1.61. The number of benzene rings is 1. The number of anilines is 1. The van der Waals surface area contributed by atoms with E-state index in [-0.39, 0.29) is 11.5 Å². The lowest BCUT2D eigenvalue weighted by Crippen LogP contribution is -2.18. The minimum atomic E-state index is -0.169. The molecule has 6 heteroatoms. The number of aryl methyl sites for hydroxylation is 2. The Bertz CT molecular complexity index is 884. The van der Waals surface area contributed by atoms with Crippen LogP contribution in [-0.4, -0.2) is 19.7 Å². The molecule has 0 spiro atoms. The Morgan fingerprint density at radius 1 is 1.09 bits per heavy atom. The lowest BCUT2D eigenvalue weighted by atomic mass is 10.0. The zero-order valence-corrected chi connectivity index (χ0v) is 12.3. The first-order chi connectivity index (χ1) is 10.5.